The van der Waals surface area contributed by atoms with Gasteiger partial charge >= 0.3 is 5.97 Å². The largest absolute Gasteiger partial charge is 0.465 e. The van der Waals surface area contributed by atoms with E-state index < -0.39 is 5.97 Å². The Morgan fingerprint density at radius 1 is 1.25 bits per heavy atom. The second kappa shape index (κ2) is 8.29. The molecule has 0 aromatic heterocycles. The third-order valence-corrected chi connectivity index (χ3v) is 2.70. The van der Waals surface area contributed by atoms with Crippen LogP contribution < -0.4 is 10.6 Å². The number of esters is 1. The fourth-order valence-corrected chi connectivity index (χ4v) is 1.57. The highest BCUT2D eigenvalue weighted by molar-refractivity contribution is 5.96. The summed E-state index contributed by atoms with van der Waals surface area (Å²) in [6.07, 6.45) is 0. The summed E-state index contributed by atoms with van der Waals surface area (Å²) in [5, 5.41) is 5.70. The highest BCUT2D eigenvalue weighted by atomic mass is 16.5. The molecule has 0 aliphatic heterocycles. The predicted molar refractivity (Wildman–Crippen MR) is 75.9 cm³/mol. The van der Waals surface area contributed by atoms with Crippen molar-refractivity contribution in [3.8, 4) is 0 Å². The first-order valence-electron chi connectivity index (χ1n) is 6.27. The van der Waals surface area contributed by atoms with Crippen molar-refractivity contribution in [1.29, 1.82) is 0 Å². The number of methoxy groups -OCH3 is 2. The van der Waals surface area contributed by atoms with Gasteiger partial charge in [0.15, 0.2) is 0 Å². The van der Waals surface area contributed by atoms with Gasteiger partial charge in [-0.3, -0.25) is 4.79 Å². The smallest absolute Gasteiger partial charge is 0.337 e. The van der Waals surface area contributed by atoms with Gasteiger partial charge in [-0.15, -0.1) is 0 Å². The highest BCUT2D eigenvalue weighted by Crippen LogP contribution is 2.17. The van der Waals surface area contributed by atoms with E-state index in [-0.39, 0.29) is 12.5 Å². The lowest BCUT2D eigenvalue weighted by atomic mass is 10.1. The van der Waals surface area contributed by atoms with Crippen molar-refractivity contribution in [3.05, 3.63) is 29.3 Å². The second-order valence-corrected chi connectivity index (χ2v) is 4.24. The van der Waals surface area contributed by atoms with Crippen molar-refractivity contribution in [3.63, 3.8) is 0 Å². The molecule has 1 amide bonds. The molecule has 2 N–H and O–H groups in total. The van der Waals surface area contributed by atoms with Gasteiger partial charge in [0.05, 0.1) is 25.8 Å². The Hall–Kier alpha value is -1.92. The Balaban J connectivity index is 2.62. The van der Waals surface area contributed by atoms with Gasteiger partial charge in [0.2, 0.25) is 5.91 Å². The van der Waals surface area contributed by atoms with Crippen molar-refractivity contribution < 1.29 is 19.1 Å². The zero-order chi connectivity index (χ0) is 15.0. The number of carbonyl (C=O) groups is 2. The van der Waals surface area contributed by atoms with Gasteiger partial charge in [-0.2, -0.15) is 0 Å². The normalized spacial score (nSPS) is 10.2. The van der Waals surface area contributed by atoms with Crippen LogP contribution in [0.4, 0.5) is 5.69 Å². The average Bonchev–Trinajstić information content (AvgIpc) is 2.45. The fourth-order valence-electron chi connectivity index (χ4n) is 1.57. The number of ether oxygens (including phenoxy) is 2. The standard InChI is InChI=1S/C14H20N2O4/c1-10-4-5-11(14(18)20-3)8-12(10)16-13(17)9-15-6-7-19-2/h4-5,8,15H,6-7,9H2,1-3H3,(H,16,17). The lowest BCUT2D eigenvalue weighted by Gasteiger charge is -2.10. The fraction of sp³-hybridized carbons (Fsp3) is 0.429. The van der Waals surface area contributed by atoms with E-state index in [4.69, 9.17) is 4.74 Å². The molecular weight excluding hydrogens is 260 g/mol. The number of carbonyl (C=O) groups excluding carboxylic acids is 2. The zero-order valence-electron chi connectivity index (χ0n) is 12.0. The van der Waals surface area contributed by atoms with Crippen LogP contribution >= 0.6 is 0 Å². The first kappa shape index (κ1) is 16.1. The molecule has 0 fully saturated rings. The van der Waals surface area contributed by atoms with Crippen molar-refractivity contribution in [1.82, 2.24) is 5.32 Å². The first-order valence-corrected chi connectivity index (χ1v) is 6.27. The Labute approximate surface area is 118 Å². The lowest BCUT2D eigenvalue weighted by molar-refractivity contribution is -0.115. The van der Waals surface area contributed by atoms with Crippen LogP contribution in [0.3, 0.4) is 0 Å². The summed E-state index contributed by atoms with van der Waals surface area (Å²) in [5.41, 5.74) is 1.88. The molecule has 0 bridgehead atoms. The SMILES string of the molecule is COCCNCC(=O)Nc1cc(C(=O)OC)ccc1C. The quantitative estimate of drug-likeness (QED) is 0.574. The lowest BCUT2D eigenvalue weighted by Crippen LogP contribution is -2.30. The molecule has 110 valence electrons. The molecule has 0 saturated carbocycles. The highest BCUT2D eigenvalue weighted by Gasteiger charge is 2.10. The Bertz CT molecular complexity index is 474. The van der Waals surface area contributed by atoms with E-state index in [0.717, 1.165) is 5.56 Å². The third kappa shape index (κ3) is 4.99. The molecule has 0 spiro atoms. The summed E-state index contributed by atoms with van der Waals surface area (Å²) < 4.78 is 9.52. The molecule has 1 aromatic carbocycles. The molecule has 6 nitrogen and oxygen atoms in total. The van der Waals surface area contributed by atoms with Crippen LogP contribution in [0.5, 0.6) is 0 Å². The van der Waals surface area contributed by atoms with Gasteiger partial charge in [0.1, 0.15) is 0 Å². The number of anilines is 1. The van der Waals surface area contributed by atoms with Gasteiger partial charge in [0.25, 0.3) is 0 Å². The monoisotopic (exact) mass is 280 g/mol. The predicted octanol–water partition coefficient (Wildman–Crippen LogP) is 0.956. The summed E-state index contributed by atoms with van der Waals surface area (Å²) in [6.45, 7) is 3.19. The number of benzene rings is 1. The van der Waals surface area contributed by atoms with Crippen LogP contribution in [-0.4, -0.2) is 45.8 Å². The summed E-state index contributed by atoms with van der Waals surface area (Å²) in [5.74, 6) is -0.607. The Morgan fingerprint density at radius 2 is 2.00 bits per heavy atom. The average molecular weight is 280 g/mol. The van der Waals surface area contributed by atoms with Gasteiger partial charge in [-0.25, -0.2) is 4.79 Å². The minimum atomic E-state index is -0.432. The zero-order valence-corrected chi connectivity index (χ0v) is 12.0. The van der Waals surface area contributed by atoms with E-state index in [1.165, 1.54) is 7.11 Å². The van der Waals surface area contributed by atoms with Gasteiger partial charge in [0, 0.05) is 19.3 Å². The van der Waals surface area contributed by atoms with Crippen LogP contribution in [0.15, 0.2) is 18.2 Å². The number of hydrogen-bond donors (Lipinski definition) is 2. The molecular formula is C14H20N2O4. The van der Waals surface area contributed by atoms with Crippen molar-refractivity contribution in [2.24, 2.45) is 0 Å². The topological polar surface area (TPSA) is 76.7 Å². The van der Waals surface area contributed by atoms with Gasteiger partial charge in [-0.1, -0.05) is 6.07 Å². The summed E-state index contributed by atoms with van der Waals surface area (Å²) in [6, 6.07) is 5.03. The van der Waals surface area contributed by atoms with Gasteiger partial charge < -0.3 is 20.1 Å². The molecule has 1 rings (SSSR count). The minimum absolute atomic E-state index is 0.175. The summed E-state index contributed by atoms with van der Waals surface area (Å²) in [4.78, 5) is 23.2. The van der Waals surface area contributed by atoms with E-state index in [2.05, 4.69) is 15.4 Å². The molecule has 1 aromatic rings. The second-order valence-electron chi connectivity index (χ2n) is 4.24. The molecule has 0 unspecified atom stereocenters. The van der Waals surface area contributed by atoms with E-state index >= 15 is 0 Å². The molecule has 0 aliphatic rings. The van der Waals surface area contributed by atoms with E-state index in [9.17, 15) is 9.59 Å². The number of rotatable bonds is 7. The van der Waals surface area contributed by atoms with E-state index in [1.54, 1.807) is 25.3 Å². The van der Waals surface area contributed by atoms with Crippen molar-refractivity contribution in [2.75, 3.05) is 39.2 Å². The first-order chi connectivity index (χ1) is 9.58. The maximum atomic E-state index is 11.7. The maximum absolute atomic E-state index is 11.7. The van der Waals surface area contributed by atoms with E-state index in [1.807, 2.05) is 6.92 Å². The molecule has 20 heavy (non-hydrogen) atoms. The molecule has 6 heteroatoms. The maximum Gasteiger partial charge on any atom is 0.337 e. The number of amides is 1. The van der Waals surface area contributed by atoms with Crippen LogP contribution in [0.25, 0.3) is 0 Å². The van der Waals surface area contributed by atoms with Gasteiger partial charge in [-0.05, 0) is 24.6 Å². The molecule has 0 saturated heterocycles. The summed E-state index contributed by atoms with van der Waals surface area (Å²) >= 11 is 0. The third-order valence-electron chi connectivity index (χ3n) is 2.70. The number of aryl methyl sites for hydroxylation is 1. The molecule has 0 atom stereocenters. The Kier molecular flexibility index (Phi) is 6.69. The van der Waals surface area contributed by atoms with Crippen LogP contribution in [-0.2, 0) is 14.3 Å². The van der Waals surface area contributed by atoms with Crippen LogP contribution in [0.2, 0.25) is 0 Å². The number of nitrogens with one attached hydrogen (secondary N) is 2. The molecule has 0 radical (unpaired) electrons. The number of hydrogen-bond acceptors (Lipinski definition) is 5. The van der Waals surface area contributed by atoms with Crippen molar-refractivity contribution >= 4 is 17.6 Å². The summed E-state index contributed by atoms with van der Waals surface area (Å²) in [7, 11) is 2.92. The van der Waals surface area contributed by atoms with Crippen LogP contribution in [0.1, 0.15) is 15.9 Å². The molecule has 0 heterocycles. The van der Waals surface area contributed by atoms with Crippen LogP contribution in [0, 0.1) is 6.92 Å². The van der Waals surface area contributed by atoms with Crippen molar-refractivity contribution in [2.45, 2.75) is 6.92 Å². The van der Waals surface area contributed by atoms with E-state index in [0.29, 0.717) is 24.4 Å². The minimum Gasteiger partial charge on any atom is -0.465 e. The Morgan fingerprint density at radius 3 is 2.65 bits per heavy atom. The molecule has 0 aliphatic carbocycles.